The van der Waals surface area contributed by atoms with E-state index in [9.17, 15) is 0 Å². The fourth-order valence-corrected chi connectivity index (χ4v) is 3.88. The Morgan fingerprint density at radius 1 is 1.28 bits per heavy atom. The van der Waals surface area contributed by atoms with Crippen LogP contribution >= 0.6 is 11.6 Å². The lowest BCUT2D eigenvalue weighted by Crippen LogP contribution is -2.47. The lowest BCUT2D eigenvalue weighted by atomic mass is 10.2. The number of nitrogens with zero attached hydrogens (tertiary/aromatic N) is 6. The number of aromatic nitrogens is 2. The predicted molar refractivity (Wildman–Crippen MR) is 121 cm³/mol. The molecule has 0 atom stereocenters. The van der Waals surface area contributed by atoms with Crippen molar-refractivity contribution in [2.45, 2.75) is 13.0 Å². The number of piperazine rings is 1. The molecule has 3 rings (SSSR count). The van der Waals surface area contributed by atoms with Crippen molar-refractivity contribution in [3.8, 4) is 0 Å². The molecule has 1 aliphatic heterocycles. The number of halogens is 1. The Bertz CT molecular complexity index is 796. The van der Waals surface area contributed by atoms with Gasteiger partial charge in [-0.15, -0.1) is 0 Å². The van der Waals surface area contributed by atoms with Gasteiger partial charge in [-0.1, -0.05) is 17.7 Å². The van der Waals surface area contributed by atoms with Crippen molar-refractivity contribution in [2.24, 2.45) is 12.0 Å². The number of aliphatic imine (C=N–C) groups is 1. The van der Waals surface area contributed by atoms with Crippen molar-refractivity contribution in [1.29, 1.82) is 0 Å². The largest absolute Gasteiger partial charge is 0.369 e. The first-order valence-electron chi connectivity index (χ1n) is 10.2. The zero-order chi connectivity index (χ0) is 20.6. The number of aryl methyl sites for hydroxylation is 1. The molecule has 2 heterocycles. The van der Waals surface area contributed by atoms with Gasteiger partial charge in [0.15, 0.2) is 5.96 Å². The van der Waals surface area contributed by atoms with E-state index in [4.69, 9.17) is 11.6 Å². The van der Waals surface area contributed by atoms with Crippen LogP contribution in [0.2, 0.25) is 5.02 Å². The number of hydrogen-bond donors (Lipinski definition) is 1. The Labute approximate surface area is 178 Å². The maximum absolute atomic E-state index is 6.12. The van der Waals surface area contributed by atoms with Gasteiger partial charge in [0.25, 0.3) is 0 Å². The zero-order valence-corrected chi connectivity index (χ0v) is 18.4. The molecule has 0 unspecified atom stereocenters. The maximum Gasteiger partial charge on any atom is 0.193 e. The molecule has 1 aliphatic rings. The average Bonchev–Trinajstić information content (AvgIpc) is 3.13. The number of benzene rings is 1. The van der Waals surface area contributed by atoms with Gasteiger partial charge in [-0.3, -0.25) is 14.6 Å². The molecule has 0 amide bonds. The van der Waals surface area contributed by atoms with E-state index < -0.39 is 0 Å². The fraction of sp³-hybridized carbons (Fsp3) is 0.524. The summed E-state index contributed by atoms with van der Waals surface area (Å²) < 4.78 is 1.82. The van der Waals surface area contributed by atoms with E-state index in [-0.39, 0.29) is 0 Å². The standard InChI is InChI=1S/C21H32ClN7/c1-23-21(26(2)16-18-15-25-27(3)17-18)24-8-5-9-28-10-12-29(13-11-28)20-7-4-6-19(22)14-20/h4,6-7,14-15,17H,5,8-13,16H2,1-3H3,(H,23,24). The van der Waals surface area contributed by atoms with Gasteiger partial charge < -0.3 is 15.1 Å². The quantitative estimate of drug-likeness (QED) is 0.425. The minimum absolute atomic E-state index is 0.791. The third-order valence-corrected chi connectivity index (χ3v) is 5.47. The minimum atomic E-state index is 0.791. The van der Waals surface area contributed by atoms with Crippen LogP contribution in [0.25, 0.3) is 0 Å². The van der Waals surface area contributed by atoms with Crippen molar-refractivity contribution < 1.29 is 0 Å². The van der Waals surface area contributed by atoms with E-state index in [1.807, 2.05) is 43.3 Å². The number of guanidine groups is 1. The molecule has 2 aromatic rings. The third-order valence-electron chi connectivity index (χ3n) is 5.23. The van der Waals surface area contributed by atoms with Gasteiger partial charge in [-0.2, -0.15) is 5.10 Å². The second kappa shape index (κ2) is 10.5. The summed E-state index contributed by atoms with van der Waals surface area (Å²) in [5.41, 5.74) is 2.40. The first-order valence-corrected chi connectivity index (χ1v) is 10.5. The molecule has 29 heavy (non-hydrogen) atoms. The molecule has 1 fully saturated rings. The summed E-state index contributed by atoms with van der Waals surface area (Å²) in [5.74, 6) is 0.916. The van der Waals surface area contributed by atoms with E-state index in [0.717, 1.165) is 63.2 Å². The highest BCUT2D eigenvalue weighted by Gasteiger charge is 2.17. The number of anilines is 1. The van der Waals surface area contributed by atoms with Crippen molar-refractivity contribution in [1.82, 2.24) is 24.9 Å². The van der Waals surface area contributed by atoms with Crippen LogP contribution in [0.15, 0.2) is 41.7 Å². The van der Waals surface area contributed by atoms with Crippen LogP contribution in [-0.4, -0.2) is 78.9 Å². The second-order valence-electron chi connectivity index (χ2n) is 7.51. The number of hydrogen-bond acceptors (Lipinski definition) is 4. The van der Waals surface area contributed by atoms with Gasteiger partial charge >= 0.3 is 0 Å². The molecule has 0 radical (unpaired) electrons. The molecule has 8 heteroatoms. The summed E-state index contributed by atoms with van der Waals surface area (Å²) in [6, 6.07) is 8.14. The highest BCUT2D eigenvalue weighted by atomic mass is 35.5. The van der Waals surface area contributed by atoms with Gasteiger partial charge in [-0.05, 0) is 31.2 Å². The number of nitrogens with one attached hydrogen (secondary N) is 1. The summed E-state index contributed by atoms with van der Waals surface area (Å²) in [6.07, 6.45) is 5.02. The highest BCUT2D eigenvalue weighted by molar-refractivity contribution is 6.30. The van der Waals surface area contributed by atoms with Crippen LogP contribution in [0.5, 0.6) is 0 Å². The Hall–Kier alpha value is -2.25. The van der Waals surface area contributed by atoms with Gasteiger partial charge in [0.1, 0.15) is 0 Å². The van der Waals surface area contributed by atoms with Gasteiger partial charge in [0.2, 0.25) is 0 Å². The normalized spacial score (nSPS) is 15.6. The Balaban J connectivity index is 1.35. The molecule has 0 spiro atoms. The lowest BCUT2D eigenvalue weighted by molar-refractivity contribution is 0.255. The van der Waals surface area contributed by atoms with E-state index in [0.29, 0.717) is 0 Å². The van der Waals surface area contributed by atoms with Crippen LogP contribution < -0.4 is 10.2 Å². The van der Waals surface area contributed by atoms with Gasteiger partial charge in [0.05, 0.1) is 6.20 Å². The Kier molecular flexibility index (Phi) is 7.77. The molecular weight excluding hydrogens is 386 g/mol. The maximum atomic E-state index is 6.12. The monoisotopic (exact) mass is 417 g/mol. The fourth-order valence-electron chi connectivity index (χ4n) is 3.69. The SMILES string of the molecule is CN=C(NCCCN1CCN(c2cccc(Cl)c2)CC1)N(C)Cc1cnn(C)c1. The molecule has 7 nitrogen and oxygen atoms in total. The van der Waals surface area contributed by atoms with Crippen molar-refractivity contribution >= 4 is 23.2 Å². The summed E-state index contributed by atoms with van der Waals surface area (Å²) in [6.45, 7) is 7.06. The summed E-state index contributed by atoms with van der Waals surface area (Å²) >= 11 is 6.12. The van der Waals surface area contributed by atoms with E-state index in [2.05, 4.69) is 49.3 Å². The summed E-state index contributed by atoms with van der Waals surface area (Å²) in [7, 11) is 5.82. The van der Waals surface area contributed by atoms with Gasteiger partial charge in [-0.25, -0.2) is 0 Å². The minimum Gasteiger partial charge on any atom is -0.369 e. The molecule has 0 aliphatic carbocycles. The second-order valence-corrected chi connectivity index (χ2v) is 7.95. The molecule has 1 aromatic heterocycles. The third kappa shape index (κ3) is 6.37. The lowest BCUT2D eigenvalue weighted by Gasteiger charge is -2.36. The van der Waals surface area contributed by atoms with Crippen molar-refractivity contribution in [3.63, 3.8) is 0 Å². The van der Waals surface area contributed by atoms with Gasteiger partial charge in [0, 0.05) is 82.9 Å². The van der Waals surface area contributed by atoms with E-state index in [1.54, 1.807) is 0 Å². The summed E-state index contributed by atoms with van der Waals surface area (Å²) in [4.78, 5) is 11.5. The van der Waals surface area contributed by atoms with Crippen molar-refractivity contribution in [2.75, 3.05) is 58.3 Å². The van der Waals surface area contributed by atoms with Crippen LogP contribution in [-0.2, 0) is 13.6 Å². The average molecular weight is 418 g/mol. The van der Waals surface area contributed by atoms with Crippen LogP contribution in [0.4, 0.5) is 5.69 Å². The van der Waals surface area contributed by atoms with Crippen LogP contribution in [0.1, 0.15) is 12.0 Å². The molecule has 0 saturated carbocycles. The predicted octanol–water partition coefficient (Wildman–Crippen LogP) is 2.29. The molecule has 1 saturated heterocycles. The topological polar surface area (TPSA) is 51.9 Å². The first kappa shape index (κ1) is 21.5. The smallest absolute Gasteiger partial charge is 0.193 e. The molecular formula is C21H32ClN7. The molecule has 1 N–H and O–H groups in total. The zero-order valence-electron chi connectivity index (χ0n) is 17.7. The van der Waals surface area contributed by atoms with Crippen LogP contribution in [0.3, 0.4) is 0 Å². The highest BCUT2D eigenvalue weighted by Crippen LogP contribution is 2.20. The molecule has 158 valence electrons. The van der Waals surface area contributed by atoms with E-state index >= 15 is 0 Å². The molecule has 1 aromatic carbocycles. The molecule has 0 bridgehead atoms. The van der Waals surface area contributed by atoms with E-state index in [1.165, 1.54) is 11.3 Å². The first-order chi connectivity index (χ1) is 14.0. The Morgan fingerprint density at radius 2 is 2.07 bits per heavy atom. The summed E-state index contributed by atoms with van der Waals surface area (Å²) in [5, 5.41) is 8.50. The van der Waals surface area contributed by atoms with Crippen LogP contribution in [0, 0.1) is 0 Å². The Morgan fingerprint density at radius 3 is 2.72 bits per heavy atom. The van der Waals surface area contributed by atoms with Crippen molar-refractivity contribution in [3.05, 3.63) is 47.2 Å². The number of rotatable bonds is 7.